The molecule has 0 fully saturated rings. The molecule has 2 atom stereocenters. The second kappa shape index (κ2) is 4.92. The van der Waals surface area contributed by atoms with E-state index in [0.29, 0.717) is 6.42 Å². The predicted octanol–water partition coefficient (Wildman–Crippen LogP) is 2.75. The molecular formula is C15H19NO2. The average molecular weight is 245 g/mol. The highest BCUT2D eigenvalue weighted by atomic mass is 16.2. The lowest BCUT2D eigenvalue weighted by Crippen LogP contribution is -2.45. The molecule has 0 radical (unpaired) electrons. The molecule has 0 unspecified atom stereocenters. The number of anilines is 1. The van der Waals surface area contributed by atoms with Crippen molar-refractivity contribution in [2.45, 2.75) is 39.2 Å². The maximum absolute atomic E-state index is 12.3. The van der Waals surface area contributed by atoms with Gasteiger partial charge in [-0.2, -0.15) is 0 Å². The van der Waals surface area contributed by atoms with E-state index in [1.165, 1.54) is 0 Å². The van der Waals surface area contributed by atoms with Crippen molar-refractivity contribution in [3.05, 3.63) is 29.8 Å². The molecule has 0 spiro atoms. The van der Waals surface area contributed by atoms with Crippen LogP contribution in [0.2, 0.25) is 0 Å². The quantitative estimate of drug-likeness (QED) is 0.751. The minimum Gasteiger partial charge on any atom is -0.309 e. The van der Waals surface area contributed by atoms with Gasteiger partial charge in [-0.3, -0.25) is 4.79 Å². The predicted molar refractivity (Wildman–Crippen MR) is 71.7 cm³/mol. The van der Waals surface area contributed by atoms with Gasteiger partial charge in [0.15, 0.2) is 0 Å². The molecule has 1 heterocycles. The van der Waals surface area contributed by atoms with E-state index in [2.05, 4.69) is 0 Å². The van der Waals surface area contributed by atoms with E-state index in [0.717, 1.165) is 17.5 Å². The van der Waals surface area contributed by atoms with Gasteiger partial charge in [0.25, 0.3) is 0 Å². The molecule has 1 aliphatic rings. The largest absolute Gasteiger partial charge is 0.309 e. The number of hydrogen-bond acceptors (Lipinski definition) is 2. The van der Waals surface area contributed by atoms with Crippen molar-refractivity contribution in [1.29, 1.82) is 0 Å². The second-order valence-electron chi connectivity index (χ2n) is 5.25. The van der Waals surface area contributed by atoms with Crippen LogP contribution in [0, 0.1) is 5.92 Å². The molecule has 0 aromatic heterocycles. The van der Waals surface area contributed by atoms with Gasteiger partial charge in [-0.15, -0.1) is 0 Å². The molecule has 0 bridgehead atoms. The molecule has 0 N–H and O–H groups in total. The highest BCUT2D eigenvalue weighted by Crippen LogP contribution is 2.37. The minimum absolute atomic E-state index is 0.0340. The molecular weight excluding hydrogens is 226 g/mol. The summed E-state index contributed by atoms with van der Waals surface area (Å²) in [6, 6.07) is 7.79. The van der Waals surface area contributed by atoms with Crippen LogP contribution in [-0.4, -0.2) is 18.2 Å². The number of benzene rings is 1. The van der Waals surface area contributed by atoms with Crippen LogP contribution in [0.25, 0.3) is 0 Å². The zero-order chi connectivity index (χ0) is 13.3. The fraction of sp³-hybridized carbons (Fsp3) is 0.467. The Hall–Kier alpha value is -1.64. The van der Waals surface area contributed by atoms with E-state index in [1.54, 1.807) is 0 Å². The van der Waals surface area contributed by atoms with Gasteiger partial charge in [0.2, 0.25) is 5.91 Å². The Labute approximate surface area is 108 Å². The molecule has 3 nitrogen and oxygen atoms in total. The monoisotopic (exact) mass is 245 g/mol. The molecule has 18 heavy (non-hydrogen) atoms. The fourth-order valence-corrected chi connectivity index (χ4v) is 2.60. The van der Waals surface area contributed by atoms with Crippen LogP contribution >= 0.6 is 0 Å². The van der Waals surface area contributed by atoms with Crippen molar-refractivity contribution < 1.29 is 9.59 Å². The van der Waals surface area contributed by atoms with Crippen molar-refractivity contribution in [2.75, 3.05) is 4.90 Å². The molecule has 2 rings (SSSR count). The lowest BCUT2D eigenvalue weighted by atomic mass is 9.86. The van der Waals surface area contributed by atoms with E-state index in [-0.39, 0.29) is 23.8 Å². The summed E-state index contributed by atoms with van der Waals surface area (Å²) in [5.41, 5.74) is 1.87. The van der Waals surface area contributed by atoms with E-state index in [4.69, 9.17) is 0 Å². The standard InChI is InChI=1S/C15H19NO2/c1-10(2)15(18)16-11(3)8-12(9-17)13-6-4-5-7-14(13)16/h4-7,9-12H,8H2,1-3H3/t11-,12+/m0/s1. The van der Waals surface area contributed by atoms with Gasteiger partial charge in [0.05, 0.1) is 0 Å². The first-order valence-electron chi connectivity index (χ1n) is 6.43. The first-order valence-corrected chi connectivity index (χ1v) is 6.43. The molecule has 0 saturated carbocycles. The van der Waals surface area contributed by atoms with Crippen LogP contribution in [-0.2, 0) is 9.59 Å². The van der Waals surface area contributed by atoms with Gasteiger partial charge < -0.3 is 9.69 Å². The van der Waals surface area contributed by atoms with Crippen molar-refractivity contribution in [1.82, 2.24) is 0 Å². The lowest BCUT2D eigenvalue weighted by Gasteiger charge is -2.38. The maximum atomic E-state index is 12.3. The third kappa shape index (κ3) is 2.05. The number of rotatable bonds is 2. The summed E-state index contributed by atoms with van der Waals surface area (Å²) < 4.78 is 0. The maximum Gasteiger partial charge on any atom is 0.229 e. The highest BCUT2D eigenvalue weighted by Gasteiger charge is 2.33. The summed E-state index contributed by atoms with van der Waals surface area (Å²) in [5, 5.41) is 0. The van der Waals surface area contributed by atoms with Crippen molar-refractivity contribution in [3.8, 4) is 0 Å². The third-order valence-electron chi connectivity index (χ3n) is 3.53. The van der Waals surface area contributed by atoms with Crippen molar-refractivity contribution in [2.24, 2.45) is 5.92 Å². The number of hydrogen-bond donors (Lipinski definition) is 0. The summed E-state index contributed by atoms with van der Waals surface area (Å²) >= 11 is 0. The molecule has 1 aromatic rings. The number of para-hydroxylation sites is 1. The van der Waals surface area contributed by atoms with Gasteiger partial charge in [0.1, 0.15) is 6.29 Å². The minimum atomic E-state index is -0.0904. The van der Waals surface area contributed by atoms with Crippen LogP contribution in [0.3, 0.4) is 0 Å². The topological polar surface area (TPSA) is 37.4 Å². The summed E-state index contributed by atoms with van der Waals surface area (Å²) in [7, 11) is 0. The summed E-state index contributed by atoms with van der Waals surface area (Å²) in [6.45, 7) is 5.82. The van der Waals surface area contributed by atoms with Gasteiger partial charge in [-0.05, 0) is 25.0 Å². The van der Waals surface area contributed by atoms with Gasteiger partial charge >= 0.3 is 0 Å². The smallest absolute Gasteiger partial charge is 0.229 e. The van der Waals surface area contributed by atoms with E-state index < -0.39 is 0 Å². The Morgan fingerprint density at radius 3 is 2.67 bits per heavy atom. The SMILES string of the molecule is CC(C)C(=O)N1c2ccccc2[C@@H](C=O)C[C@@H]1C. The summed E-state index contributed by atoms with van der Waals surface area (Å²) in [4.78, 5) is 25.3. The number of carbonyl (C=O) groups excluding carboxylic acids is 2. The zero-order valence-electron chi connectivity index (χ0n) is 11.1. The number of amides is 1. The average Bonchev–Trinajstić information content (AvgIpc) is 2.37. The van der Waals surface area contributed by atoms with Gasteiger partial charge in [-0.25, -0.2) is 0 Å². The summed E-state index contributed by atoms with van der Waals surface area (Å²) in [6.07, 6.45) is 1.70. The first-order chi connectivity index (χ1) is 8.56. The molecule has 0 aliphatic carbocycles. The van der Waals surface area contributed by atoms with Crippen molar-refractivity contribution in [3.63, 3.8) is 0 Å². The van der Waals surface area contributed by atoms with E-state index in [1.807, 2.05) is 49.9 Å². The Balaban J connectivity index is 2.49. The van der Waals surface area contributed by atoms with E-state index >= 15 is 0 Å². The molecule has 3 heteroatoms. The van der Waals surface area contributed by atoms with Crippen LogP contribution in [0.4, 0.5) is 5.69 Å². The second-order valence-corrected chi connectivity index (χ2v) is 5.25. The number of nitrogens with zero attached hydrogens (tertiary/aromatic N) is 1. The zero-order valence-corrected chi connectivity index (χ0v) is 11.1. The Bertz CT molecular complexity index is 467. The van der Waals surface area contributed by atoms with Gasteiger partial charge in [-0.1, -0.05) is 32.0 Å². The first kappa shape index (κ1) is 12.8. The van der Waals surface area contributed by atoms with Crippen LogP contribution in [0.5, 0.6) is 0 Å². The normalized spacial score (nSPS) is 22.8. The Morgan fingerprint density at radius 1 is 1.39 bits per heavy atom. The number of carbonyl (C=O) groups is 2. The molecule has 1 aromatic carbocycles. The van der Waals surface area contributed by atoms with Crippen LogP contribution in [0.1, 0.15) is 38.7 Å². The molecule has 1 aliphatic heterocycles. The fourth-order valence-electron chi connectivity index (χ4n) is 2.60. The number of fused-ring (bicyclic) bond motifs is 1. The Kier molecular flexibility index (Phi) is 3.50. The van der Waals surface area contributed by atoms with Crippen LogP contribution in [0.15, 0.2) is 24.3 Å². The Morgan fingerprint density at radius 2 is 2.06 bits per heavy atom. The molecule has 1 amide bonds. The molecule has 0 saturated heterocycles. The van der Waals surface area contributed by atoms with E-state index in [9.17, 15) is 9.59 Å². The third-order valence-corrected chi connectivity index (χ3v) is 3.53. The lowest BCUT2D eigenvalue weighted by molar-refractivity contribution is -0.122. The van der Waals surface area contributed by atoms with Crippen molar-refractivity contribution >= 4 is 17.9 Å². The van der Waals surface area contributed by atoms with Gasteiger partial charge in [0, 0.05) is 23.6 Å². The number of aldehydes is 1. The van der Waals surface area contributed by atoms with Crippen LogP contribution < -0.4 is 4.90 Å². The highest BCUT2D eigenvalue weighted by molar-refractivity contribution is 5.97. The molecule has 96 valence electrons. The summed E-state index contributed by atoms with van der Waals surface area (Å²) in [5.74, 6) is -0.00000142.